The Morgan fingerprint density at radius 1 is 1.41 bits per heavy atom. The zero-order chi connectivity index (χ0) is 13.2. The summed E-state index contributed by atoms with van der Waals surface area (Å²) < 4.78 is 30.9. The third kappa shape index (κ3) is 3.41. The molecule has 17 heavy (non-hydrogen) atoms. The van der Waals surface area contributed by atoms with Crippen molar-refractivity contribution in [1.29, 1.82) is 0 Å². The van der Waals surface area contributed by atoms with E-state index in [1.165, 1.54) is 12.1 Å². The number of hydrogen-bond acceptors (Lipinski definition) is 5. The monoisotopic (exact) mass is 261 g/mol. The van der Waals surface area contributed by atoms with Crippen molar-refractivity contribution < 1.29 is 28.0 Å². The van der Waals surface area contributed by atoms with Crippen molar-refractivity contribution in [2.45, 2.75) is 17.4 Å². The van der Waals surface area contributed by atoms with E-state index in [2.05, 4.69) is 0 Å². The van der Waals surface area contributed by atoms with E-state index in [4.69, 9.17) is 20.5 Å². The fraction of sp³-hybridized carbons (Fsp3) is 0.222. The molecular formula is C9H11NO6S. The molecule has 0 saturated carbocycles. The predicted molar refractivity (Wildman–Crippen MR) is 57.2 cm³/mol. The summed E-state index contributed by atoms with van der Waals surface area (Å²) in [4.78, 5) is 10.00. The quantitative estimate of drug-likeness (QED) is 0.540. The average molecular weight is 261 g/mol. The van der Waals surface area contributed by atoms with Gasteiger partial charge in [-0.2, -0.15) is 8.42 Å². The van der Waals surface area contributed by atoms with Gasteiger partial charge in [-0.1, -0.05) is 6.07 Å². The van der Waals surface area contributed by atoms with Gasteiger partial charge in [0, 0.05) is 6.07 Å². The Labute approximate surface area is 97.2 Å². The Morgan fingerprint density at radius 2 is 2.00 bits per heavy atom. The number of rotatable bonds is 4. The highest BCUT2D eigenvalue weighted by molar-refractivity contribution is 7.85. The number of aliphatic carboxylic acids is 1. The predicted octanol–water partition coefficient (Wildman–Crippen LogP) is -0.407. The maximum absolute atomic E-state index is 11.0. The van der Waals surface area contributed by atoms with Gasteiger partial charge in [-0.05, 0) is 18.1 Å². The largest absolute Gasteiger partial charge is 0.508 e. The van der Waals surface area contributed by atoms with E-state index in [-0.39, 0.29) is 17.7 Å². The van der Waals surface area contributed by atoms with Crippen LogP contribution in [0.25, 0.3) is 0 Å². The van der Waals surface area contributed by atoms with E-state index in [9.17, 15) is 13.2 Å². The molecule has 5 N–H and O–H groups in total. The van der Waals surface area contributed by atoms with E-state index in [1.807, 2.05) is 0 Å². The van der Waals surface area contributed by atoms with Crippen molar-refractivity contribution in [3.05, 3.63) is 23.8 Å². The molecule has 0 saturated heterocycles. The third-order valence-electron chi connectivity index (χ3n) is 2.09. The van der Waals surface area contributed by atoms with Gasteiger partial charge in [0.15, 0.2) is 0 Å². The Kier molecular flexibility index (Phi) is 3.71. The van der Waals surface area contributed by atoms with Gasteiger partial charge in [-0.15, -0.1) is 0 Å². The number of nitrogens with two attached hydrogens (primary N) is 1. The van der Waals surface area contributed by atoms with Crippen LogP contribution < -0.4 is 5.73 Å². The molecule has 0 heterocycles. The van der Waals surface area contributed by atoms with Gasteiger partial charge in [0.2, 0.25) is 0 Å². The first-order chi connectivity index (χ1) is 7.71. The SMILES string of the molecule is N[C@@H](Cc1ccc(O)cc1S(=O)(=O)O)C(=O)O. The van der Waals surface area contributed by atoms with Crippen molar-refractivity contribution in [1.82, 2.24) is 0 Å². The number of aromatic hydroxyl groups is 1. The molecule has 0 aliphatic heterocycles. The number of carboxylic acid groups (broad SMARTS) is 1. The summed E-state index contributed by atoms with van der Waals surface area (Å²) in [5.41, 5.74) is 5.29. The molecule has 1 aromatic rings. The number of benzene rings is 1. The second-order valence-electron chi connectivity index (χ2n) is 3.42. The molecule has 1 rings (SSSR count). The summed E-state index contributed by atoms with van der Waals surface area (Å²) in [6.45, 7) is 0. The molecule has 0 spiro atoms. The van der Waals surface area contributed by atoms with Crippen LogP contribution >= 0.6 is 0 Å². The van der Waals surface area contributed by atoms with Gasteiger partial charge in [-0.3, -0.25) is 9.35 Å². The fourth-order valence-electron chi connectivity index (χ4n) is 1.28. The first-order valence-corrected chi connectivity index (χ1v) is 5.93. The molecule has 0 aliphatic rings. The zero-order valence-electron chi connectivity index (χ0n) is 8.57. The van der Waals surface area contributed by atoms with Crippen molar-refractivity contribution in [3.63, 3.8) is 0 Å². The molecule has 0 fully saturated rings. The second kappa shape index (κ2) is 4.70. The van der Waals surface area contributed by atoms with Crippen molar-refractivity contribution in [2.75, 3.05) is 0 Å². The van der Waals surface area contributed by atoms with E-state index in [0.717, 1.165) is 6.07 Å². The van der Waals surface area contributed by atoms with Gasteiger partial charge in [0.05, 0.1) is 0 Å². The summed E-state index contributed by atoms with van der Waals surface area (Å²) in [7, 11) is -4.54. The molecule has 94 valence electrons. The minimum atomic E-state index is -4.54. The molecule has 0 aliphatic carbocycles. The molecule has 1 aromatic carbocycles. The van der Waals surface area contributed by atoms with Crippen LogP contribution in [0.3, 0.4) is 0 Å². The lowest BCUT2D eigenvalue weighted by Crippen LogP contribution is -2.32. The zero-order valence-corrected chi connectivity index (χ0v) is 9.38. The van der Waals surface area contributed by atoms with Gasteiger partial charge in [-0.25, -0.2) is 0 Å². The minimum Gasteiger partial charge on any atom is -0.508 e. The Hall–Kier alpha value is -1.64. The van der Waals surface area contributed by atoms with E-state index in [0.29, 0.717) is 0 Å². The van der Waals surface area contributed by atoms with Crippen molar-refractivity contribution in [2.24, 2.45) is 5.73 Å². The van der Waals surface area contributed by atoms with Crippen LogP contribution in [0.4, 0.5) is 0 Å². The van der Waals surface area contributed by atoms with E-state index in [1.54, 1.807) is 0 Å². The first-order valence-electron chi connectivity index (χ1n) is 4.49. The summed E-state index contributed by atoms with van der Waals surface area (Å²) in [6.07, 6.45) is -0.273. The van der Waals surface area contributed by atoms with Gasteiger partial charge < -0.3 is 15.9 Å². The molecule has 7 nitrogen and oxygen atoms in total. The fourth-order valence-corrected chi connectivity index (χ4v) is 2.03. The topological polar surface area (TPSA) is 138 Å². The van der Waals surface area contributed by atoms with Crippen LogP contribution in [0.1, 0.15) is 5.56 Å². The molecular weight excluding hydrogens is 250 g/mol. The summed E-state index contributed by atoms with van der Waals surface area (Å²) >= 11 is 0. The van der Waals surface area contributed by atoms with Crippen LogP contribution in [0.15, 0.2) is 23.1 Å². The van der Waals surface area contributed by atoms with Gasteiger partial charge in [0.25, 0.3) is 10.1 Å². The highest BCUT2D eigenvalue weighted by Crippen LogP contribution is 2.22. The van der Waals surface area contributed by atoms with Gasteiger partial charge >= 0.3 is 5.97 Å². The second-order valence-corrected chi connectivity index (χ2v) is 4.81. The number of carboxylic acids is 1. The molecule has 0 radical (unpaired) electrons. The molecule has 0 bridgehead atoms. The Bertz CT molecular complexity index is 538. The third-order valence-corrected chi connectivity index (χ3v) is 3.02. The van der Waals surface area contributed by atoms with E-state index >= 15 is 0 Å². The molecule has 1 atom stereocenters. The van der Waals surface area contributed by atoms with Crippen LogP contribution in [-0.2, 0) is 21.3 Å². The standard InChI is InChI=1S/C9H11NO6S/c10-7(9(12)13)3-5-1-2-6(11)4-8(5)17(14,15)16/h1-2,4,7,11H,3,10H2,(H,12,13)(H,14,15,16)/t7-/m0/s1. The average Bonchev–Trinajstić information content (AvgIpc) is 2.18. The maximum atomic E-state index is 11.0. The Balaban J connectivity index is 3.21. The van der Waals surface area contributed by atoms with Crippen LogP contribution in [0.2, 0.25) is 0 Å². The van der Waals surface area contributed by atoms with Crippen molar-refractivity contribution in [3.8, 4) is 5.75 Å². The lowest BCUT2D eigenvalue weighted by Gasteiger charge is -2.10. The lowest BCUT2D eigenvalue weighted by atomic mass is 10.1. The van der Waals surface area contributed by atoms with Crippen LogP contribution in [0.5, 0.6) is 5.75 Å². The van der Waals surface area contributed by atoms with Crippen molar-refractivity contribution >= 4 is 16.1 Å². The van der Waals surface area contributed by atoms with Crippen LogP contribution in [0, 0.1) is 0 Å². The Morgan fingerprint density at radius 3 is 2.47 bits per heavy atom. The highest BCUT2D eigenvalue weighted by Gasteiger charge is 2.20. The summed E-state index contributed by atoms with van der Waals surface area (Å²) in [5.74, 6) is -1.65. The maximum Gasteiger partial charge on any atom is 0.320 e. The smallest absolute Gasteiger partial charge is 0.320 e. The molecule has 0 unspecified atom stereocenters. The summed E-state index contributed by atoms with van der Waals surface area (Å²) in [5, 5.41) is 17.7. The molecule has 0 amide bonds. The molecule has 8 heteroatoms. The molecule has 0 aromatic heterocycles. The number of phenolic OH excluding ortho intramolecular Hbond substituents is 1. The minimum absolute atomic E-state index is 0.0280. The highest BCUT2D eigenvalue weighted by atomic mass is 32.2. The van der Waals surface area contributed by atoms with Crippen LogP contribution in [-0.4, -0.2) is 35.2 Å². The number of phenols is 1. The lowest BCUT2D eigenvalue weighted by molar-refractivity contribution is -0.138. The normalized spacial score (nSPS) is 13.3. The number of carbonyl (C=O) groups is 1. The van der Waals surface area contributed by atoms with E-state index < -0.39 is 27.0 Å². The first kappa shape index (κ1) is 13.4. The number of hydrogen-bond donors (Lipinski definition) is 4. The summed E-state index contributed by atoms with van der Waals surface area (Å²) in [6, 6.07) is 1.92. The van der Waals surface area contributed by atoms with Gasteiger partial charge in [0.1, 0.15) is 16.7 Å².